The van der Waals surface area contributed by atoms with Crippen molar-refractivity contribution >= 4 is 21.8 Å². The van der Waals surface area contributed by atoms with Crippen molar-refractivity contribution in [2.75, 3.05) is 13.1 Å². The van der Waals surface area contributed by atoms with Crippen LogP contribution in [0.4, 0.5) is 0 Å². The first-order valence-electron chi connectivity index (χ1n) is 8.13. The number of nitrogens with zero attached hydrogens (tertiary/aromatic N) is 3. The summed E-state index contributed by atoms with van der Waals surface area (Å²) in [4.78, 5) is 14.5. The molecule has 2 aromatic heterocycles. The van der Waals surface area contributed by atoms with Crippen LogP contribution in [0, 0.1) is 0 Å². The summed E-state index contributed by atoms with van der Waals surface area (Å²) in [6.45, 7) is 1.34. The first-order valence-corrected chi connectivity index (χ1v) is 8.93. The molecule has 0 N–H and O–H groups in total. The molecule has 3 aromatic rings. The van der Waals surface area contributed by atoms with E-state index in [1.165, 1.54) is 0 Å². The number of carbonyl (C=O) groups excluding carboxylic acids is 1. The smallest absolute Gasteiger partial charge is 0.283 e. The monoisotopic (exact) mass is 401 g/mol. The highest BCUT2D eigenvalue weighted by molar-refractivity contribution is 9.10. The maximum absolute atomic E-state index is 12.7. The summed E-state index contributed by atoms with van der Waals surface area (Å²) in [6.07, 6.45) is 3.18. The van der Waals surface area contributed by atoms with E-state index in [0.29, 0.717) is 36.2 Å². The molecule has 0 radical (unpaired) electrons. The number of piperidine rings is 1. The van der Waals surface area contributed by atoms with Crippen LogP contribution in [0.15, 0.2) is 56.0 Å². The molecule has 1 aliphatic heterocycles. The highest BCUT2D eigenvalue weighted by Gasteiger charge is 2.28. The number of halogens is 1. The Morgan fingerprint density at radius 2 is 1.92 bits per heavy atom. The van der Waals surface area contributed by atoms with Gasteiger partial charge in [-0.3, -0.25) is 4.79 Å². The topological polar surface area (TPSA) is 72.4 Å². The summed E-state index contributed by atoms with van der Waals surface area (Å²) in [5.74, 6) is 1.79. The van der Waals surface area contributed by atoms with Crippen molar-refractivity contribution in [3.63, 3.8) is 0 Å². The van der Waals surface area contributed by atoms with Crippen LogP contribution in [0.3, 0.4) is 0 Å². The molecular weight excluding hydrogens is 386 g/mol. The van der Waals surface area contributed by atoms with Crippen LogP contribution < -0.4 is 0 Å². The molecule has 1 saturated heterocycles. The second-order valence-corrected chi connectivity index (χ2v) is 6.82. The van der Waals surface area contributed by atoms with Crippen LogP contribution >= 0.6 is 15.9 Å². The Balaban J connectivity index is 1.42. The minimum Gasteiger partial charge on any atom is -0.459 e. The molecule has 0 bridgehead atoms. The van der Waals surface area contributed by atoms with E-state index in [9.17, 15) is 4.79 Å². The molecule has 0 unspecified atom stereocenters. The van der Waals surface area contributed by atoms with Gasteiger partial charge in [0.2, 0.25) is 5.89 Å². The van der Waals surface area contributed by atoms with Gasteiger partial charge in [-0.05, 0) is 53.0 Å². The lowest BCUT2D eigenvalue weighted by Gasteiger charge is -2.30. The third kappa shape index (κ3) is 3.24. The molecular formula is C18H16BrN3O3. The SMILES string of the molecule is O=C(c1ccccc1Br)N1CCC(c2nnc(-c3ccco3)o2)CC1. The number of carbonyl (C=O) groups is 1. The Bertz CT molecular complexity index is 867. The minimum atomic E-state index is 0.0488. The first kappa shape index (κ1) is 16.1. The lowest BCUT2D eigenvalue weighted by atomic mass is 9.96. The Kier molecular flexibility index (Phi) is 4.40. The van der Waals surface area contributed by atoms with E-state index in [2.05, 4.69) is 26.1 Å². The summed E-state index contributed by atoms with van der Waals surface area (Å²) in [6, 6.07) is 11.1. The molecule has 0 aliphatic carbocycles. The van der Waals surface area contributed by atoms with Gasteiger partial charge in [-0.15, -0.1) is 10.2 Å². The van der Waals surface area contributed by atoms with Crippen molar-refractivity contribution in [1.82, 2.24) is 15.1 Å². The Morgan fingerprint density at radius 3 is 2.64 bits per heavy atom. The van der Waals surface area contributed by atoms with Gasteiger partial charge in [0.25, 0.3) is 11.8 Å². The quantitative estimate of drug-likeness (QED) is 0.659. The van der Waals surface area contributed by atoms with E-state index >= 15 is 0 Å². The second kappa shape index (κ2) is 6.84. The fourth-order valence-corrected chi connectivity index (χ4v) is 3.49. The van der Waals surface area contributed by atoms with Crippen molar-refractivity contribution in [3.8, 4) is 11.7 Å². The molecule has 0 spiro atoms. The highest BCUT2D eigenvalue weighted by Crippen LogP contribution is 2.30. The predicted octanol–water partition coefficient (Wildman–Crippen LogP) is 4.11. The third-order valence-electron chi connectivity index (χ3n) is 4.41. The number of amides is 1. The van der Waals surface area contributed by atoms with Crippen molar-refractivity contribution in [2.45, 2.75) is 18.8 Å². The number of aromatic nitrogens is 2. The number of hydrogen-bond acceptors (Lipinski definition) is 5. The van der Waals surface area contributed by atoms with Gasteiger partial charge in [-0.1, -0.05) is 12.1 Å². The Morgan fingerprint density at radius 1 is 1.12 bits per heavy atom. The van der Waals surface area contributed by atoms with Crippen LogP contribution in [0.2, 0.25) is 0 Å². The average Bonchev–Trinajstić information content (AvgIpc) is 3.33. The molecule has 7 heteroatoms. The molecule has 1 amide bonds. The molecule has 128 valence electrons. The van der Waals surface area contributed by atoms with Gasteiger partial charge in [-0.25, -0.2) is 0 Å². The van der Waals surface area contributed by atoms with Crippen LogP contribution in [-0.2, 0) is 0 Å². The Hall–Kier alpha value is -2.41. The van der Waals surface area contributed by atoms with Gasteiger partial charge in [0.1, 0.15) is 0 Å². The molecule has 1 aliphatic rings. The fourth-order valence-electron chi connectivity index (χ4n) is 3.03. The van der Waals surface area contributed by atoms with E-state index in [1.54, 1.807) is 18.4 Å². The summed E-state index contributed by atoms with van der Waals surface area (Å²) < 4.78 is 11.8. The largest absolute Gasteiger partial charge is 0.459 e. The molecule has 0 atom stereocenters. The maximum Gasteiger partial charge on any atom is 0.283 e. The summed E-state index contributed by atoms with van der Waals surface area (Å²) in [7, 11) is 0. The molecule has 1 fully saturated rings. The third-order valence-corrected chi connectivity index (χ3v) is 5.10. The molecule has 25 heavy (non-hydrogen) atoms. The van der Waals surface area contributed by atoms with Crippen LogP contribution in [0.25, 0.3) is 11.7 Å². The van der Waals surface area contributed by atoms with E-state index in [0.717, 1.165) is 17.3 Å². The molecule has 4 rings (SSSR count). The van der Waals surface area contributed by atoms with Gasteiger partial charge in [0, 0.05) is 23.5 Å². The van der Waals surface area contributed by atoms with Crippen molar-refractivity contribution in [3.05, 3.63) is 58.6 Å². The van der Waals surface area contributed by atoms with Gasteiger partial charge in [0.05, 0.1) is 11.8 Å². The highest BCUT2D eigenvalue weighted by atomic mass is 79.9. The zero-order valence-corrected chi connectivity index (χ0v) is 15.0. The lowest BCUT2D eigenvalue weighted by molar-refractivity contribution is 0.0705. The van der Waals surface area contributed by atoms with Gasteiger partial charge < -0.3 is 13.7 Å². The Labute approximate surface area is 153 Å². The number of benzene rings is 1. The minimum absolute atomic E-state index is 0.0488. The van der Waals surface area contributed by atoms with Gasteiger partial charge in [0.15, 0.2) is 5.76 Å². The average molecular weight is 402 g/mol. The fraction of sp³-hybridized carbons (Fsp3) is 0.278. The summed E-state index contributed by atoms with van der Waals surface area (Å²) in [5.41, 5.74) is 0.693. The maximum atomic E-state index is 12.7. The van der Waals surface area contributed by atoms with E-state index in [-0.39, 0.29) is 11.8 Å². The standard InChI is InChI=1S/C18H16BrN3O3/c19-14-5-2-1-4-13(14)18(23)22-9-7-12(8-10-22)16-20-21-17(25-16)15-6-3-11-24-15/h1-6,11-12H,7-10H2. The van der Waals surface area contributed by atoms with E-state index in [1.807, 2.05) is 29.2 Å². The molecule has 0 saturated carbocycles. The zero-order chi connectivity index (χ0) is 17.2. The summed E-state index contributed by atoms with van der Waals surface area (Å²) >= 11 is 3.44. The molecule has 1 aromatic carbocycles. The van der Waals surface area contributed by atoms with Gasteiger partial charge >= 0.3 is 0 Å². The van der Waals surface area contributed by atoms with Crippen molar-refractivity contribution < 1.29 is 13.6 Å². The number of hydrogen-bond donors (Lipinski definition) is 0. The first-order chi connectivity index (χ1) is 12.2. The number of likely N-dealkylation sites (tertiary alicyclic amines) is 1. The van der Waals surface area contributed by atoms with Crippen LogP contribution in [-0.4, -0.2) is 34.1 Å². The normalized spacial score (nSPS) is 15.5. The number of furan rings is 1. The van der Waals surface area contributed by atoms with Gasteiger partial charge in [-0.2, -0.15) is 0 Å². The van der Waals surface area contributed by atoms with Crippen LogP contribution in [0.1, 0.15) is 35.0 Å². The summed E-state index contributed by atoms with van der Waals surface area (Å²) in [5, 5.41) is 8.20. The van der Waals surface area contributed by atoms with E-state index in [4.69, 9.17) is 8.83 Å². The predicted molar refractivity (Wildman–Crippen MR) is 94.0 cm³/mol. The number of rotatable bonds is 3. The molecule has 3 heterocycles. The zero-order valence-electron chi connectivity index (χ0n) is 13.4. The lowest BCUT2D eigenvalue weighted by Crippen LogP contribution is -2.38. The van der Waals surface area contributed by atoms with Crippen molar-refractivity contribution in [2.24, 2.45) is 0 Å². The molecule has 6 nitrogen and oxygen atoms in total. The second-order valence-electron chi connectivity index (χ2n) is 5.97. The van der Waals surface area contributed by atoms with Crippen LogP contribution in [0.5, 0.6) is 0 Å². The van der Waals surface area contributed by atoms with E-state index < -0.39 is 0 Å². The van der Waals surface area contributed by atoms with Crippen molar-refractivity contribution in [1.29, 1.82) is 0 Å².